The summed E-state index contributed by atoms with van der Waals surface area (Å²) in [6.45, 7) is 3.90. The third-order valence-corrected chi connectivity index (χ3v) is 4.14. The van der Waals surface area contributed by atoms with Crippen LogP contribution >= 0.6 is 11.8 Å². The molecule has 0 bridgehead atoms. The lowest BCUT2D eigenvalue weighted by Crippen LogP contribution is -2.15. The van der Waals surface area contributed by atoms with E-state index in [1.807, 2.05) is 12.1 Å². The molecule has 5 nitrogen and oxygen atoms in total. The number of hydrogen-bond acceptors (Lipinski definition) is 4. The Kier molecular flexibility index (Phi) is 5.25. The topological polar surface area (TPSA) is 58.4 Å². The van der Waals surface area contributed by atoms with Gasteiger partial charge in [0, 0.05) is 6.54 Å². The van der Waals surface area contributed by atoms with E-state index in [4.69, 9.17) is 5.11 Å². The van der Waals surface area contributed by atoms with Crippen molar-refractivity contribution in [2.45, 2.75) is 25.0 Å². The Morgan fingerprint density at radius 2 is 2.19 bits per heavy atom. The van der Waals surface area contributed by atoms with Gasteiger partial charge in [0.1, 0.15) is 0 Å². The summed E-state index contributed by atoms with van der Waals surface area (Å²) in [7, 11) is 4.10. The lowest BCUT2D eigenvalue weighted by Gasteiger charge is -2.12. The molecule has 0 atom stereocenters. The number of carboxylic acids is 1. The molecule has 1 N–H and O–H groups in total. The minimum Gasteiger partial charge on any atom is -0.481 e. The summed E-state index contributed by atoms with van der Waals surface area (Å²) in [6, 6.07) is 6.14. The first-order chi connectivity index (χ1) is 9.97. The van der Waals surface area contributed by atoms with Crippen LogP contribution in [0.25, 0.3) is 11.0 Å². The summed E-state index contributed by atoms with van der Waals surface area (Å²) in [4.78, 5) is 17.5. The summed E-state index contributed by atoms with van der Waals surface area (Å²) < 4.78 is 2.14. The molecular formula is C15H21N3O2S. The van der Waals surface area contributed by atoms with Gasteiger partial charge in [-0.1, -0.05) is 17.8 Å². The quantitative estimate of drug-likeness (QED) is 0.796. The Hall–Kier alpha value is -1.53. The second kappa shape index (κ2) is 6.95. The number of carboxylic acid groups (broad SMARTS) is 1. The van der Waals surface area contributed by atoms with Crippen molar-refractivity contribution in [3.05, 3.63) is 23.8 Å². The largest absolute Gasteiger partial charge is 0.481 e. The highest BCUT2D eigenvalue weighted by Gasteiger charge is 2.12. The molecule has 0 aliphatic carbocycles. The van der Waals surface area contributed by atoms with Crippen LogP contribution in [0.2, 0.25) is 0 Å². The van der Waals surface area contributed by atoms with Crippen molar-refractivity contribution < 1.29 is 9.90 Å². The van der Waals surface area contributed by atoms with Crippen molar-refractivity contribution in [1.82, 2.24) is 14.5 Å². The van der Waals surface area contributed by atoms with E-state index in [1.165, 1.54) is 17.3 Å². The normalized spacial score (nSPS) is 11.4. The number of imidazole rings is 1. The Bertz CT molecular complexity index is 637. The maximum atomic E-state index is 10.8. The van der Waals surface area contributed by atoms with E-state index in [-0.39, 0.29) is 5.75 Å². The molecule has 0 amide bonds. The second-order valence-corrected chi connectivity index (χ2v) is 6.32. The van der Waals surface area contributed by atoms with Crippen LogP contribution in [0.4, 0.5) is 0 Å². The fraction of sp³-hybridized carbons (Fsp3) is 0.467. The summed E-state index contributed by atoms with van der Waals surface area (Å²) >= 11 is 1.28. The molecule has 0 unspecified atom stereocenters. The zero-order valence-corrected chi connectivity index (χ0v) is 13.5. The first kappa shape index (κ1) is 15.9. The number of benzene rings is 1. The van der Waals surface area contributed by atoms with E-state index in [2.05, 4.69) is 41.5 Å². The van der Waals surface area contributed by atoms with Crippen molar-refractivity contribution in [2.75, 3.05) is 26.4 Å². The molecule has 0 spiro atoms. The third-order valence-electron chi connectivity index (χ3n) is 3.18. The molecule has 0 aliphatic rings. The molecule has 0 saturated carbocycles. The van der Waals surface area contributed by atoms with Gasteiger partial charge in [-0.15, -0.1) is 0 Å². The van der Waals surface area contributed by atoms with Crippen LogP contribution in [0.15, 0.2) is 23.4 Å². The van der Waals surface area contributed by atoms with Gasteiger partial charge in [-0.25, -0.2) is 4.98 Å². The van der Waals surface area contributed by atoms with Crippen LogP contribution < -0.4 is 0 Å². The van der Waals surface area contributed by atoms with Gasteiger partial charge in [-0.3, -0.25) is 4.79 Å². The molecule has 0 radical (unpaired) electrons. The van der Waals surface area contributed by atoms with Gasteiger partial charge < -0.3 is 14.6 Å². The fourth-order valence-electron chi connectivity index (χ4n) is 2.21. The Balaban J connectivity index is 2.28. The van der Waals surface area contributed by atoms with Gasteiger partial charge in [0.05, 0.1) is 16.8 Å². The molecule has 21 heavy (non-hydrogen) atoms. The number of aromatic nitrogens is 2. The summed E-state index contributed by atoms with van der Waals surface area (Å²) in [5, 5.41) is 9.66. The first-order valence-corrected chi connectivity index (χ1v) is 7.92. The molecule has 0 saturated heterocycles. The van der Waals surface area contributed by atoms with E-state index in [9.17, 15) is 4.79 Å². The maximum absolute atomic E-state index is 10.8. The van der Waals surface area contributed by atoms with Crippen LogP contribution in [-0.4, -0.2) is 51.9 Å². The van der Waals surface area contributed by atoms with E-state index in [1.54, 1.807) is 0 Å². The molecule has 6 heteroatoms. The number of fused-ring (bicyclic) bond motifs is 1. The molecule has 0 fully saturated rings. The monoisotopic (exact) mass is 307 g/mol. The number of nitrogens with zero attached hydrogens (tertiary/aromatic N) is 3. The van der Waals surface area contributed by atoms with Crippen molar-refractivity contribution >= 4 is 28.8 Å². The average molecular weight is 307 g/mol. The van der Waals surface area contributed by atoms with Crippen molar-refractivity contribution in [3.8, 4) is 0 Å². The van der Waals surface area contributed by atoms with Gasteiger partial charge in [0.2, 0.25) is 0 Å². The molecule has 2 rings (SSSR count). The molecular weight excluding hydrogens is 286 g/mol. The highest BCUT2D eigenvalue weighted by Crippen LogP contribution is 2.25. The minimum atomic E-state index is -0.817. The van der Waals surface area contributed by atoms with Crippen LogP contribution in [0.5, 0.6) is 0 Å². The zero-order chi connectivity index (χ0) is 15.4. The predicted molar refractivity (Wildman–Crippen MR) is 86.0 cm³/mol. The Labute approximate surface area is 129 Å². The van der Waals surface area contributed by atoms with Crippen LogP contribution in [0, 0.1) is 6.92 Å². The highest BCUT2D eigenvalue weighted by molar-refractivity contribution is 7.99. The molecule has 2 aromatic rings. The number of thioether (sulfide) groups is 1. The number of hydrogen-bond donors (Lipinski definition) is 1. The van der Waals surface area contributed by atoms with Crippen molar-refractivity contribution in [1.29, 1.82) is 0 Å². The van der Waals surface area contributed by atoms with Gasteiger partial charge in [0.15, 0.2) is 5.16 Å². The molecule has 114 valence electrons. The van der Waals surface area contributed by atoms with Gasteiger partial charge in [-0.05, 0) is 51.7 Å². The van der Waals surface area contributed by atoms with Gasteiger partial charge in [-0.2, -0.15) is 0 Å². The van der Waals surface area contributed by atoms with E-state index in [0.717, 1.165) is 35.7 Å². The SMILES string of the molecule is Cc1ccc2nc(SCC(=O)O)n(CCCN(C)C)c2c1. The number of aryl methyl sites for hydroxylation is 2. The number of aliphatic carboxylic acids is 1. The van der Waals surface area contributed by atoms with E-state index in [0.29, 0.717) is 0 Å². The number of carbonyl (C=O) groups is 1. The average Bonchev–Trinajstić information content (AvgIpc) is 2.74. The highest BCUT2D eigenvalue weighted by atomic mass is 32.2. The van der Waals surface area contributed by atoms with Crippen molar-refractivity contribution in [3.63, 3.8) is 0 Å². The van der Waals surface area contributed by atoms with Crippen LogP contribution in [0.1, 0.15) is 12.0 Å². The summed E-state index contributed by atoms with van der Waals surface area (Å²) in [5.41, 5.74) is 3.20. The van der Waals surface area contributed by atoms with Gasteiger partial charge >= 0.3 is 5.97 Å². The smallest absolute Gasteiger partial charge is 0.313 e. The second-order valence-electron chi connectivity index (χ2n) is 5.38. The molecule has 1 aromatic heterocycles. The fourth-order valence-corrected chi connectivity index (χ4v) is 2.97. The number of rotatable bonds is 7. The predicted octanol–water partition coefficient (Wildman–Crippen LogP) is 2.47. The van der Waals surface area contributed by atoms with E-state index >= 15 is 0 Å². The lowest BCUT2D eigenvalue weighted by atomic mass is 10.2. The van der Waals surface area contributed by atoms with Crippen LogP contribution in [-0.2, 0) is 11.3 Å². The maximum Gasteiger partial charge on any atom is 0.313 e. The molecule has 0 aliphatic heterocycles. The van der Waals surface area contributed by atoms with Crippen LogP contribution in [0.3, 0.4) is 0 Å². The Morgan fingerprint density at radius 1 is 1.43 bits per heavy atom. The minimum absolute atomic E-state index is 0.0377. The first-order valence-electron chi connectivity index (χ1n) is 6.93. The third kappa shape index (κ3) is 4.22. The molecule has 1 aromatic carbocycles. The van der Waals surface area contributed by atoms with E-state index < -0.39 is 5.97 Å². The van der Waals surface area contributed by atoms with Gasteiger partial charge in [0.25, 0.3) is 0 Å². The summed E-state index contributed by atoms with van der Waals surface area (Å²) in [5.74, 6) is -0.779. The standard InChI is InChI=1S/C15H21N3O2S/c1-11-5-6-12-13(9-11)18(8-4-7-17(2)3)15(16-12)21-10-14(19)20/h5-6,9H,4,7-8,10H2,1-3H3,(H,19,20). The zero-order valence-electron chi connectivity index (χ0n) is 12.7. The lowest BCUT2D eigenvalue weighted by molar-refractivity contribution is -0.133. The Morgan fingerprint density at radius 3 is 2.86 bits per heavy atom. The molecule has 1 heterocycles. The summed E-state index contributed by atoms with van der Waals surface area (Å²) in [6.07, 6.45) is 1.01. The van der Waals surface area contributed by atoms with Crippen molar-refractivity contribution in [2.24, 2.45) is 0 Å².